The van der Waals surface area contributed by atoms with E-state index in [1.165, 1.54) is 32.0 Å². The van der Waals surface area contributed by atoms with Crippen LogP contribution in [0.3, 0.4) is 0 Å². The SMILES string of the molecule is CC(C)COc1ccc(NC(=O)C(C)(C)NS(=O)(=O)Cc2ccccc2F)c2ccccc12. The van der Waals surface area contributed by atoms with Gasteiger partial charge >= 0.3 is 0 Å². The number of fused-ring (bicyclic) bond motifs is 1. The molecule has 0 aliphatic rings. The zero-order valence-corrected chi connectivity index (χ0v) is 20.0. The Bertz CT molecular complexity index is 1260. The minimum absolute atomic E-state index is 0.0317. The lowest BCUT2D eigenvalue weighted by Gasteiger charge is -2.25. The monoisotopic (exact) mass is 472 g/mol. The van der Waals surface area contributed by atoms with Crippen LogP contribution in [0.2, 0.25) is 0 Å². The number of carbonyl (C=O) groups is 1. The van der Waals surface area contributed by atoms with Crippen molar-refractivity contribution in [3.63, 3.8) is 0 Å². The van der Waals surface area contributed by atoms with Crippen LogP contribution in [0.1, 0.15) is 33.3 Å². The molecule has 0 aliphatic carbocycles. The Morgan fingerprint density at radius 3 is 2.30 bits per heavy atom. The Balaban J connectivity index is 1.80. The second-order valence-corrected chi connectivity index (χ2v) is 10.6. The van der Waals surface area contributed by atoms with Crippen LogP contribution in [0.4, 0.5) is 10.1 Å². The Morgan fingerprint density at radius 1 is 1.00 bits per heavy atom. The molecule has 0 spiro atoms. The van der Waals surface area contributed by atoms with Crippen molar-refractivity contribution >= 4 is 32.4 Å². The topological polar surface area (TPSA) is 84.5 Å². The normalized spacial score (nSPS) is 12.2. The van der Waals surface area contributed by atoms with E-state index in [1.807, 2.05) is 24.3 Å². The van der Waals surface area contributed by atoms with Crippen molar-refractivity contribution in [3.05, 3.63) is 72.0 Å². The predicted molar refractivity (Wildman–Crippen MR) is 129 cm³/mol. The van der Waals surface area contributed by atoms with Crippen molar-refractivity contribution in [2.45, 2.75) is 39.0 Å². The van der Waals surface area contributed by atoms with Crippen LogP contribution < -0.4 is 14.8 Å². The Morgan fingerprint density at radius 2 is 1.64 bits per heavy atom. The van der Waals surface area contributed by atoms with Crippen molar-refractivity contribution in [1.82, 2.24) is 4.72 Å². The summed E-state index contributed by atoms with van der Waals surface area (Å²) in [6.45, 7) is 7.61. The predicted octanol–water partition coefficient (Wildman–Crippen LogP) is 4.85. The molecule has 0 bridgehead atoms. The highest BCUT2D eigenvalue weighted by Crippen LogP contribution is 2.32. The van der Waals surface area contributed by atoms with E-state index in [2.05, 4.69) is 23.9 Å². The van der Waals surface area contributed by atoms with E-state index in [0.29, 0.717) is 24.0 Å². The second-order valence-electron chi connectivity index (χ2n) is 8.89. The number of anilines is 1. The molecular weight excluding hydrogens is 443 g/mol. The first-order valence-corrected chi connectivity index (χ1v) is 12.3. The fraction of sp³-hybridized carbons (Fsp3) is 0.320. The molecule has 8 heteroatoms. The molecule has 0 atom stereocenters. The average Bonchev–Trinajstić information content (AvgIpc) is 2.73. The third-order valence-corrected chi connectivity index (χ3v) is 6.50. The van der Waals surface area contributed by atoms with E-state index in [9.17, 15) is 17.6 Å². The Kier molecular flexibility index (Phi) is 7.39. The summed E-state index contributed by atoms with van der Waals surface area (Å²) in [6, 6.07) is 16.7. The molecule has 6 nitrogen and oxygen atoms in total. The summed E-state index contributed by atoms with van der Waals surface area (Å²) >= 11 is 0. The molecule has 0 fully saturated rings. The number of rotatable bonds is 9. The van der Waals surface area contributed by atoms with Crippen molar-refractivity contribution in [1.29, 1.82) is 0 Å². The van der Waals surface area contributed by atoms with Crippen LogP contribution in [0.15, 0.2) is 60.7 Å². The summed E-state index contributed by atoms with van der Waals surface area (Å²) in [7, 11) is -3.99. The molecule has 33 heavy (non-hydrogen) atoms. The third-order valence-electron chi connectivity index (χ3n) is 4.99. The molecule has 0 saturated carbocycles. The third kappa shape index (κ3) is 6.30. The van der Waals surface area contributed by atoms with Gasteiger partial charge in [0.05, 0.1) is 12.4 Å². The molecule has 0 saturated heterocycles. The first kappa shape index (κ1) is 24.7. The summed E-state index contributed by atoms with van der Waals surface area (Å²) in [4.78, 5) is 13.0. The Labute approximate surface area is 194 Å². The summed E-state index contributed by atoms with van der Waals surface area (Å²) in [5, 5.41) is 4.44. The number of hydrogen-bond donors (Lipinski definition) is 2. The number of amides is 1. The maximum atomic E-state index is 13.9. The molecule has 0 aliphatic heterocycles. The van der Waals surface area contributed by atoms with Crippen LogP contribution >= 0.6 is 0 Å². The molecule has 0 heterocycles. The van der Waals surface area contributed by atoms with Crippen LogP contribution in [0.5, 0.6) is 5.75 Å². The van der Waals surface area contributed by atoms with Crippen LogP contribution in [0, 0.1) is 11.7 Å². The van der Waals surface area contributed by atoms with Gasteiger partial charge < -0.3 is 10.1 Å². The van der Waals surface area contributed by atoms with Gasteiger partial charge in [0.25, 0.3) is 0 Å². The number of halogens is 1. The molecule has 3 rings (SSSR count). The highest BCUT2D eigenvalue weighted by Gasteiger charge is 2.33. The largest absolute Gasteiger partial charge is 0.493 e. The number of ether oxygens (including phenoxy) is 1. The van der Waals surface area contributed by atoms with Gasteiger partial charge in [-0.1, -0.05) is 56.3 Å². The summed E-state index contributed by atoms with van der Waals surface area (Å²) < 4.78 is 47.5. The summed E-state index contributed by atoms with van der Waals surface area (Å²) in [6.07, 6.45) is 0. The van der Waals surface area contributed by atoms with E-state index in [1.54, 1.807) is 18.2 Å². The van der Waals surface area contributed by atoms with Crippen LogP contribution in [-0.2, 0) is 20.6 Å². The fourth-order valence-electron chi connectivity index (χ4n) is 3.33. The fourth-order valence-corrected chi connectivity index (χ4v) is 4.92. The van der Waals surface area contributed by atoms with Gasteiger partial charge in [0, 0.05) is 22.0 Å². The zero-order valence-electron chi connectivity index (χ0n) is 19.2. The van der Waals surface area contributed by atoms with Crippen LogP contribution in [-0.4, -0.2) is 26.5 Å². The average molecular weight is 473 g/mol. The lowest BCUT2D eigenvalue weighted by molar-refractivity contribution is -0.120. The van der Waals surface area contributed by atoms with Crippen LogP contribution in [0.25, 0.3) is 10.8 Å². The molecule has 0 radical (unpaired) electrons. The number of carbonyl (C=O) groups excluding carboxylic acids is 1. The van der Waals surface area contributed by atoms with Gasteiger partial charge in [-0.05, 0) is 38.0 Å². The standard InChI is InChI=1S/C25H29FN2O4S/c1-17(2)15-32-23-14-13-22(19-10-6-7-11-20(19)23)27-24(29)25(3,4)28-33(30,31)16-18-9-5-8-12-21(18)26/h5-14,17,28H,15-16H2,1-4H3,(H,27,29). The van der Waals surface area contributed by atoms with Gasteiger partial charge in [-0.25, -0.2) is 12.8 Å². The minimum Gasteiger partial charge on any atom is -0.493 e. The number of nitrogens with one attached hydrogen (secondary N) is 2. The van der Waals surface area contributed by atoms with Gasteiger partial charge in [0.15, 0.2) is 0 Å². The summed E-state index contributed by atoms with van der Waals surface area (Å²) in [5.41, 5.74) is -0.907. The molecule has 0 unspecified atom stereocenters. The molecule has 2 N–H and O–H groups in total. The van der Waals surface area contributed by atoms with Crippen molar-refractivity contribution in [2.24, 2.45) is 5.92 Å². The van der Waals surface area contributed by atoms with E-state index >= 15 is 0 Å². The van der Waals surface area contributed by atoms with Crippen molar-refractivity contribution < 1.29 is 22.3 Å². The first-order chi connectivity index (χ1) is 15.5. The maximum absolute atomic E-state index is 13.9. The molecule has 1 amide bonds. The second kappa shape index (κ2) is 9.89. The lowest BCUT2D eigenvalue weighted by Crippen LogP contribution is -2.52. The molecule has 0 aromatic heterocycles. The van der Waals surface area contributed by atoms with E-state index in [0.717, 1.165) is 10.8 Å². The first-order valence-electron chi connectivity index (χ1n) is 10.7. The van der Waals surface area contributed by atoms with E-state index in [4.69, 9.17) is 4.74 Å². The van der Waals surface area contributed by atoms with Crippen molar-refractivity contribution in [3.8, 4) is 5.75 Å². The zero-order chi connectivity index (χ0) is 24.2. The Hall–Kier alpha value is -2.97. The minimum atomic E-state index is -3.99. The molecular formula is C25H29FN2O4S. The highest BCUT2D eigenvalue weighted by molar-refractivity contribution is 7.88. The van der Waals surface area contributed by atoms with Gasteiger partial charge in [-0.15, -0.1) is 0 Å². The molecule has 3 aromatic carbocycles. The number of benzene rings is 3. The molecule has 176 valence electrons. The lowest BCUT2D eigenvalue weighted by atomic mass is 10.0. The van der Waals surface area contributed by atoms with Crippen molar-refractivity contribution in [2.75, 3.05) is 11.9 Å². The van der Waals surface area contributed by atoms with E-state index in [-0.39, 0.29) is 5.56 Å². The maximum Gasteiger partial charge on any atom is 0.245 e. The number of hydrogen-bond acceptors (Lipinski definition) is 4. The van der Waals surface area contributed by atoms with E-state index < -0.39 is 33.0 Å². The highest BCUT2D eigenvalue weighted by atomic mass is 32.2. The van der Waals surface area contributed by atoms with Gasteiger partial charge in [0.1, 0.15) is 17.1 Å². The number of sulfonamides is 1. The summed E-state index contributed by atoms with van der Waals surface area (Å²) in [5.74, 6) is -0.651. The quantitative estimate of drug-likeness (QED) is 0.466. The smallest absolute Gasteiger partial charge is 0.245 e. The van der Waals surface area contributed by atoms with Gasteiger partial charge in [0.2, 0.25) is 15.9 Å². The van der Waals surface area contributed by atoms with Gasteiger partial charge in [-0.2, -0.15) is 4.72 Å². The van der Waals surface area contributed by atoms with Gasteiger partial charge in [-0.3, -0.25) is 4.79 Å². The molecule has 3 aromatic rings.